The highest BCUT2D eigenvalue weighted by Crippen LogP contribution is 2.22. The van der Waals surface area contributed by atoms with Crippen molar-refractivity contribution in [2.45, 2.75) is 44.7 Å². The molecule has 0 aliphatic heterocycles. The minimum absolute atomic E-state index is 0.587. The van der Waals surface area contributed by atoms with Crippen molar-refractivity contribution in [3.05, 3.63) is 23.4 Å². The molecule has 0 unspecified atom stereocenters. The van der Waals surface area contributed by atoms with Gasteiger partial charge >= 0.3 is 0 Å². The van der Waals surface area contributed by atoms with Gasteiger partial charge in [-0.2, -0.15) is 0 Å². The molecule has 0 saturated carbocycles. The van der Waals surface area contributed by atoms with Gasteiger partial charge in [0.15, 0.2) is 0 Å². The molecular formula is C12H20N2S. The Labute approximate surface area is 96.7 Å². The minimum atomic E-state index is 0.587. The average molecular weight is 224 g/mol. The van der Waals surface area contributed by atoms with Crippen LogP contribution in [-0.4, -0.2) is 10.7 Å². The lowest BCUT2D eigenvalue weighted by Crippen LogP contribution is -2.01. The van der Waals surface area contributed by atoms with E-state index in [-0.39, 0.29) is 0 Å². The first-order chi connectivity index (χ1) is 7.27. The molecule has 84 valence electrons. The quantitative estimate of drug-likeness (QED) is 0.596. The second-order valence-corrected chi connectivity index (χ2v) is 4.76. The molecule has 1 aromatic rings. The summed E-state index contributed by atoms with van der Waals surface area (Å²) in [5.41, 5.74) is 7.92. The fourth-order valence-corrected chi connectivity index (χ4v) is 2.45. The Morgan fingerprint density at radius 3 is 2.80 bits per heavy atom. The van der Waals surface area contributed by atoms with Gasteiger partial charge < -0.3 is 5.73 Å². The number of aromatic nitrogens is 1. The van der Waals surface area contributed by atoms with Gasteiger partial charge in [0.1, 0.15) is 5.03 Å². The molecule has 0 spiro atoms. The molecule has 1 rings (SSSR count). The molecule has 0 radical (unpaired) electrons. The summed E-state index contributed by atoms with van der Waals surface area (Å²) in [6.45, 7) is 4.83. The topological polar surface area (TPSA) is 38.9 Å². The number of hydrogen-bond acceptors (Lipinski definition) is 3. The third-order valence-electron chi connectivity index (χ3n) is 2.28. The first-order valence-electron chi connectivity index (χ1n) is 5.57. The van der Waals surface area contributed by atoms with Crippen LogP contribution in [0.1, 0.15) is 37.4 Å². The summed E-state index contributed by atoms with van der Waals surface area (Å²) in [6, 6.07) is 4.11. The van der Waals surface area contributed by atoms with Crippen LogP contribution in [-0.2, 0) is 6.54 Å². The summed E-state index contributed by atoms with van der Waals surface area (Å²) in [4.78, 5) is 4.52. The number of hydrogen-bond donors (Lipinski definition) is 1. The molecule has 0 amide bonds. The van der Waals surface area contributed by atoms with Gasteiger partial charge in [-0.15, -0.1) is 11.8 Å². The lowest BCUT2D eigenvalue weighted by molar-refractivity contribution is 0.777. The number of unbranched alkanes of at least 4 members (excludes halogenated alkanes) is 2. The first-order valence-corrected chi connectivity index (χ1v) is 6.56. The maximum absolute atomic E-state index is 5.68. The lowest BCUT2D eigenvalue weighted by atomic mass is 10.2. The second kappa shape index (κ2) is 6.85. The molecule has 3 heteroatoms. The van der Waals surface area contributed by atoms with E-state index in [0.29, 0.717) is 6.54 Å². The van der Waals surface area contributed by atoms with Crippen LogP contribution < -0.4 is 5.73 Å². The van der Waals surface area contributed by atoms with Crippen molar-refractivity contribution in [1.29, 1.82) is 0 Å². The molecule has 1 aromatic heterocycles. The molecule has 0 aliphatic carbocycles. The van der Waals surface area contributed by atoms with Gasteiger partial charge in [-0.1, -0.05) is 25.8 Å². The number of nitrogens with two attached hydrogens (primary N) is 1. The highest BCUT2D eigenvalue weighted by Gasteiger charge is 2.03. The van der Waals surface area contributed by atoms with Crippen LogP contribution in [0.2, 0.25) is 0 Å². The smallest absolute Gasteiger partial charge is 0.101 e. The van der Waals surface area contributed by atoms with E-state index in [1.165, 1.54) is 24.8 Å². The van der Waals surface area contributed by atoms with Crippen molar-refractivity contribution >= 4 is 11.8 Å². The van der Waals surface area contributed by atoms with Crippen molar-refractivity contribution in [1.82, 2.24) is 4.98 Å². The van der Waals surface area contributed by atoms with Gasteiger partial charge in [-0.3, -0.25) is 0 Å². The van der Waals surface area contributed by atoms with E-state index in [4.69, 9.17) is 5.73 Å². The van der Waals surface area contributed by atoms with E-state index < -0.39 is 0 Å². The molecule has 0 aromatic carbocycles. The predicted octanol–water partition coefficient (Wildman–Crippen LogP) is 3.13. The van der Waals surface area contributed by atoms with Crippen LogP contribution in [0.15, 0.2) is 17.2 Å². The normalized spacial score (nSPS) is 10.6. The van der Waals surface area contributed by atoms with Gasteiger partial charge in [-0.05, 0) is 30.7 Å². The molecule has 15 heavy (non-hydrogen) atoms. The summed E-state index contributed by atoms with van der Waals surface area (Å²) in [6.07, 6.45) is 3.84. The molecule has 0 saturated heterocycles. The monoisotopic (exact) mass is 224 g/mol. The summed E-state index contributed by atoms with van der Waals surface area (Å²) in [5, 5.41) is 1.12. The maximum atomic E-state index is 5.68. The molecule has 0 bridgehead atoms. The van der Waals surface area contributed by atoms with Gasteiger partial charge in [-0.25, -0.2) is 4.98 Å². The number of thioether (sulfide) groups is 1. The average Bonchev–Trinajstić information content (AvgIpc) is 2.25. The van der Waals surface area contributed by atoms with Crippen molar-refractivity contribution in [3.63, 3.8) is 0 Å². The van der Waals surface area contributed by atoms with Gasteiger partial charge in [0.25, 0.3) is 0 Å². The van der Waals surface area contributed by atoms with Gasteiger partial charge in [0, 0.05) is 12.2 Å². The van der Waals surface area contributed by atoms with E-state index in [9.17, 15) is 0 Å². The van der Waals surface area contributed by atoms with E-state index in [1.807, 2.05) is 24.8 Å². The third-order valence-corrected chi connectivity index (χ3v) is 3.40. The Bertz CT molecular complexity index is 300. The molecule has 2 nitrogen and oxygen atoms in total. The van der Waals surface area contributed by atoms with E-state index in [1.54, 1.807) is 0 Å². The lowest BCUT2D eigenvalue weighted by Gasteiger charge is -2.07. The largest absolute Gasteiger partial charge is 0.326 e. The fourth-order valence-electron chi connectivity index (χ4n) is 1.36. The van der Waals surface area contributed by atoms with Crippen LogP contribution in [0.3, 0.4) is 0 Å². The number of nitrogens with zero attached hydrogens (tertiary/aromatic N) is 1. The zero-order chi connectivity index (χ0) is 11.1. The van der Waals surface area contributed by atoms with Crippen molar-refractivity contribution in [2.24, 2.45) is 5.73 Å². The Kier molecular flexibility index (Phi) is 5.73. The SMILES string of the molecule is CCCCCSc1nc(C)ccc1CN. The molecule has 1 heterocycles. The van der Waals surface area contributed by atoms with Crippen LogP contribution in [0, 0.1) is 6.92 Å². The highest BCUT2D eigenvalue weighted by molar-refractivity contribution is 7.99. The number of rotatable bonds is 6. The zero-order valence-electron chi connectivity index (χ0n) is 9.62. The first kappa shape index (κ1) is 12.5. The predicted molar refractivity (Wildman–Crippen MR) is 67.1 cm³/mol. The molecule has 0 atom stereocenters. The number of pyridine rings is 1. The summed E-state index contributed by atoms with van der Waals surface area (Å²) < 4.78 is 0. The summed E-state index contributed by atoms with van der Waals surface area (Å²) in [7, 11) is 0. The standard InChI is InChI=1S/C12H20N2S/c1-3-4-5-8-15-12-11(9-13)7-6-10(2)14-12/h6-7H,3-5,8-9,13H2,1-2H3. The van der Waals surface area contributed by atoms with Crippen LogP contribution in [0.4, 0.5) is 0 Å². The van der Waals surface area contributed by atoms with Crippen molar-refractivity contribution < 1.29 is 0 Å². The van der Waals surface area contributed by atoms with Gasteiger partial charge in [0.05, 0.1) is 0 Å². The van der Waals surface area contributed by atoms with Crippen molar-refractivity contribution in [3.8, 4) is 0 Å². The summed E-state index contributed by atoms with van der Waals surface area (Å²) in [5.74, 6) is 1.15. The van der Waals surface area contributed by atoms with Gasteiger partial charge in [0.2, 0.25) is 0 Å². The highest BCUT2D eigenvalue weighted by atomic mass is 32.2. The molecule has 0 fully saturated rings. The third kappa shape index (κ3) is 4.22. The van der Waals surface area contributed by atoms with Crippen LogP contribution in [0.5, 0.6) is 0 Å². The molecule has 0 aliphatic rings. The van der Waals surface area contributed by atoms with Crippen molar-refractivity contribution in [2.75, 3.05) is 5.75 Å². The Balaban J connectivity index is 2.54. The Hall–Kier alpha value is -0.540. The van der Waals surface area contributed by atoms with Crippen LogP contribution in [0.25, 0.3) is 0 Å². The Morgan fingerprint density at radius 2 is 2.13 bits per heavy atom. The second-order valence-electron chi connectivity index (χ2n) is 3.68. The maximum Gasteiger partial charge on any atom is 0.101 e. The van der Waals surface area contributed by atoms with E-state index >= 15 is 0 Å². The van der Waals surface area contributed by atoms with E-state index in [0.717, 1.165) is 16.5 Å². The van der Waals surface area contributed by atoms with E-state index in [2.05, 4.69) is 18.0 Å². The fraction of sp³-hybridized carbons (Fsp3) is 0.583. The zero-order valence-corrected chi connectivity index (χ0v) is 10.4. The molecular weight excluding hydrogens is 204 g/mol. The van der Waals surface area contributed by atoms with Crippen LogP contribution >= 0.6 is 11.8 Å². The summed E-state index contributed by atoms with van der Waals surface area (Å²) >= 11 is 1.83. The minimum Gasteiger partial charge on any atom is -0.326 e. The number of aryl methyl sites for hydroxylation is 1. The molecule has 2 N–H and O–H groups in total. The Morgan fingerprint density at radius 1 is 1.33 bits per heavy atom.